The highest BCUT2D eigenvalue weighted by molar-refractivity contribution is 5.93. The van der Waals surface area contributed by atoms with Gasteiger partial charge in [-0.05, 0) is 0 Å². The minimum absolute atomic E-state index is 0.821. The van der Waals surface area contributed by atoms with E-state index in [0.29, 0.717) is 0 Å². The zero-order valence-electron chi connectivity index (χ0n) is 7.14. The number of carbonyl (C=O) groups excluding carboxylic acids is 2. The molecule has 1 aliphatic heterocycles. The number of aliphatic hydroxyl groups is 2. The number of ether oxygens (including phenoxy) is 1. The van der Waals surface area contributed by atoms with Crippen LogP contribution in [0.25, 0.3) is 0 Å². The van der Waals surface area contributed by atoms with E-state index in [9.17, 15) is 19.8 Å². The van der Waals surface area contributed by atoms with E-state index in [1.165, 1.54) is 7.05 Å². The van der Waals surface area contributed by atoms with Gasteiger partial charge in [-0.1, -0.05) is 0 Å². The van der Waals surface area contributed by atoms with E-state index < -0.39 is 23.7 Å². The van der Waals surface area contributed by atoms with Crippen LogP contribution in [-0.2, 0) is 14.3 Å². The topological polar surface area (TPSA) is 99.1 Å². The molecule has 1 unspecified atom stereocenters. The third kappa shape index (κ3) is 1.37. The fourth-order valence-corrected chi connectivity index (χ4v) is 1.05. The first-order chi connectivity index (χ1) is 5.91. The standard InChI is InChI=1S/C6H10N2O5/c1-8-5(10)6(11,12)3(7-8)4(9)13-2/h3,7,11-12H,1-2H3. The predicted octanol–water partition coefficient (Wildman–Crippen LogP) is -2.81. The lowest BCUT2D eigenvalue weighted by molar-refractivity contribution is -0.192. The van der Waals surface area contributed by atoms with Crippen molar-refractivity contribution in [2.75, 3.05) is 14.2 Å². The number of nitrogens with zero attached hydrogens (tertiary/aromatic N) is 1. The van der Waals surface area contributed by atoms with E-state index in [-0.39, 0.29) is 0 Å². The quantitative estimate of drug-likeness (QED) is 0.305. The zero-order chi connectivity index (χ0) is 10.2. The Balaban J connectivity index is 2.90. The SMILES string of the molecule is COC(=O)C1NN(C)C(=O)C1(O)O. The highest BCUT2D eigenvalue weighted by Gasteiger charge is 2.55. The van der Waals surface area contributed by atoms with Crippen LogP contribution in [0, 0.1) is 0 Å². The molecule has 3 N–H and O–H groups in total. The molecule has 1 atom stereocenters. The fourth-order valence-electron chi connectivity index (χ4n) is 1.05. The van der Waals surface area contributed by atoms with Crippen LogP contribution < -0.4 is 5.43 Å². The van der Waals surface area contributed by atoms with Gasteiger partial charge in [0.15, 0.2) is 6.04 Å². The number of hydrogen-bond donors (Lipinski definition) is 3. The summed E-state index contributed by atoms with van der Waals surface area (Å²) in [5.74, 6) is -4.65. The highest BCUT2D eigenvalue weighted by Crippen LogP contribution is 2.17. The highest BCUT2D eigenvalue weighted by atomic mass is 16.5. The smallest absolute Gasteiger partial charge is 0.330 e. The third-order valence-electron chi connectivity index (χ3n) is 1.78. The van der Waals surface area contributed by atoms with Gasteiger partial charge in [-0.2, -0.15) is 0 Å². The maximum atomic E-state index is 11.0. The Morgan fingerprint density at radius 2 is 2.23 bits per heavy atom. The lowest BCUT2D eigenvalue weighted by atomic mass is 10.1. The molecule has 0 aromatic rings. The van der Waals surface area contributed by atoms with E-state index in [2.05, 4.69) is 10.2 Å². The van der Waals surface area contributed by atoms with E-state index in [1.807, 2.05) is 0 Å². The Kier molecular flexibility index (Phi) is 2.24. The number of amides is 1. The number of hydrazine groups is 1. The van der Waals surface area contributed by atoms with Gasteiger partial charge < -0.3 is 14.9 Å². The van der Waals surface area contributed by atoms with Crippen molar-refractivity contribution < 1.29 is 24.5 Å². The van der Waals surface area contributed by atoms with Crippen molar-refractivity contribution in [3.63, 3.8) is 0 Å². The summed E-state index contributed by atoms with van der Waals surface area (Å²) in [6, 6.07) is -1.48. The van der Waals surface area contributed by atoms with Gasteiger partial charge in [-0.15, -0.1) is 0 Å². The Bertz CT molecular complexity index is 251. The lowest BCUT2D eigenvalue weighted by Gasteiger charge is -2.16. The van der Waals surface area contributed by atoms with E-state index in [1.54, 1.807) is 0 Å². The predicted molar refractivity (Wildman–Crippen MR) is 38.9 cm³/mol. The maximum Gasteiger partial charge on any atom is 0.330 e. The summed E-state index contributed by atoms with van der Waals surface area (Å²) in [6.07, 6.45) is 0. The molecule has 0 aromatic heterocycles. The average Bonchev–Trinajstić information content (AvgIpc) is 2.28. The zero-order valence-corrected chi connectivity index (χ0v) is 7.14. The number of rotatable bonds is 1. The second-order valence-electron chi connectivity index (χ2n) is 2.68. The van der Waals surface area contributed by atoms with Crippen LogP contribution in [0.1, 0.15) is 0 Å². The van der Waals surface area contributed by atoms with E-state index >= 15 is 0 Å². The first-order valence-corrected chi connectivity index (χ1v) is 3.48. The molecule has 0 aliphatic carbocycles. The Morgan fingerprint density at radius 3 is 2.54 bits per heavy atom. The molecule has 1 amide bonds. The van der Waals surface area contributed by atoms with Crippen LogP contribution in [-0.4, -0.2) is 53.1 Å². The first-order valence-electron chi connectivity index (χ1n) is 3.48. The summed E-state index contributed by atoms with van der Waals surface area (Å²) >= 11 is 0. The maximum absolute atomic E-state index is 11.0. The Labute approximate surface area is 73.9 Å². The molecule has 0 saturated carbocycles. The number of likely N-dealkylation sites (N-methyl/N-ethyl adjacent to an activating group) is 1. The van der Waals surface area contributed by atoms with Crippen molar-refractivity contribution in [2.45, 2.75) is 11.8 Å². The monoisotopic (exact) mass is 190 g/mol. The van der Waals surface area contributed by atoms with Crippen LogP contribution in [0.5, 0.6) is 0 Å². The van der Waals surface area contributed by atoms with Gasteiger partial charge in [-0.3, -0.25) is 14.6 Å². The van der Waals surface area contributed by atoms with Gasteiger partial charge in [0, 0.05) is 7.05 Å². The Hall–Kier alpha value is -1.18. The molecule has 0 spiro atoms. The number of esters is 1. The summed E-state index contributed by atoms with van der Waals surface area (Å²) in [7, 11) is 2.36. The molecular weight excluding hydrogens is 180 g/mol. The molecule has 74 valence electrons. The summed E-state index contributed by atoms with van der Waals surface area (Å²) in [5, 5.41) is 19.2. The first kappa shape index (κ1) is 9.90. The fraction of sp³-hybridized carbons (Fsp3) is 0.667. The average molecular weight is 190 g/mol. The molecule has 13 heavy (non-hydrogen) atoms. The van der Waals surface area contributed by atoms with Gasteiger partial charge in [0.25, 0.3) is 11.7 Å². The second kappa shape index (κ2) is 2.95. The third-order valence-corrected chi connectivity index (χ3v) is 1.78. The van der Waals surface area contributed by atoms with Gasteiger partial charge in [-0.25, -0.2) is 5.43 Å². The van der Waals surface area contributed by atoms with Crippen LogP contribution >= 0.6 is 0 Å². The molecule has 1 fully saturated rings. The molecule has 0 aromatic carbocycles. The van der Waals surface area contributed by atoms with Crippen molar-refractivity contribution in [2.24, 2.45) is 0 Å². The minimum Gasteiger partial charge on any atom is -0.468 e. The summed E-state index contributed by atoms with van der Waals surface area (Å²) in [6.45, 7) is 0. The molecule has 0 bridgehead atoms. The normalized spacial score (nSPS) is 26.3. The second-order valence-corrected chi connectivity index (χ2v) is 2.68. The number of hydrogen-bond acceptors (Lipinski definition) is 6. The Morgan fingerprint density at radius 1 is 1.69 bits per heavy atom. The summed E-state index contributed by atoms with van der Waals surface area (Å²) in [5.41, 5.74) is 2.25. The molecule has 1 heterocycles. The van der Waals surface area contributed by atoms with E-state index in [4.69, 9.17) is 0 Å². The van der Waals surface area contributed by atoms with Gasteiger partial charge >= 0.3 is 5.97 Å². The van der Waals surface area contributed by atoms with Crippen LogP contribution in [0.4, 0.5) is 0 Å². The van der Waals surface area contributed by atoms with Crippen LogP contribution in [0.3, 0.4) is 0 Å². The van der Waals surface area contributed by atoms with Gasteiger partial charge in [0.05, 0.1) is 7.11 Å². The van der Waals surface area contributed by atoms with Gasteiger partial charge in [0.2, 0.25) is 0 Å². The van der Waals surface area contributed by atoms with Crippen molar-refractivity contribution >= 4 is 11.9 Å². The molecule has 0 radical (unpaired) electrons. The lowest BCUT2D eigenvalue weighted by Crippen LogP contribution is -2.51. The molecular formula is C6H10N2O5. The number of carbonyl (C=O) groups is 2. The van der Waals surface area contributed by atoms with Crippen LogP contribution in [0.15, 0.2) is 0 Å². The van der Waals surface area contributed by atoms with Gasteiger partial charge in [0.1, 0.15) is 0 Å². The summed E-state index contributed by atoms with van der Waals surface area (Å²) < 4.78 is 4.27. The van der Waals surface area contributed by atoms with Crippen molar-refractivity contribution in [1.82, 2.24) is 10.4 Å². The molecule has 1 rings (SSSR count). The number of nitrogens with one attached hydrogen (secondary N) is 1. The van der Waals surface area contributed by atoms with Crippen LogP contribution in [0.2, 0.25) is 0 Å². The van der Waals surface area contributed by atoms with Crippen molar-refractivity contribution in [1.29, 1.82) is 0 Å². The molecule has 7 nitrogen and oxygen atoms in total. The largest absolute Gasteiger partial charge is 0.468 e. The van der Waals surface area contributed by atoms with Crippen molar-refractivity contribution in [3.8, 4) is 0 Å². The summed E-state index contributed by atoms with van der Waals surface area (Å²) in [4.78, 5) is 22.0. The number of methoxy groups -OCH3 is 1. The van der Waals surface area contributed by atoms with E-state index in [0.717, 1.165) is 12.1 Å². The minimum atomic E-state index is -2.73. The molecule has 7 heteroatoms. The molecule has 1 aliphatic rings. The molecule has 1 saturated heterocycles. The van der Waals surface area contributed by atoms with Crippen molar-refractivity contribution in [3.05, 3.63) is 0 Å².